The highest BCUT2D eigenvalue weighted by molar-refractivity contribution is 7.89. The number of hydrogen-bond donors (Lipinski definition) is 0. The van der Waals surface area contributed by atoms with Gasteiger partial charge in [-0.1, -0.05) is 72.3 Å². The summed E-state index contributed by atoms with van der Waals surface area (Å²) in [6, 6.07) is 26.1. The van der Waals surface area contributed by atoms with E-state index >= 15 is 0 Å². The van der Waals surface area contributed by atoms with Crippen molar-refractivity contribution in [2.24, 2.45) is 5.92 Å². The fraction of sp³-hybridized carbons (Fsp3) is 0.269. The molecule has 1 amide bonds. The highest BCUT2D eigenvalue weighted by atomic mass is 35.5. The van der Waals surface area contributed by atoms with Crippen molar-refractivity contribution in [1.82, 2.24) is 9.21 Å². The molecule has 0 N–H and O–H groups in total. The highest BCUT2D eigenvalue weighted by Gasteiger charge is 2.34. The summed E-state index contributed by atoms with van der Waals surface area (Å²) < 4.78 is 27.4. The van der Waals surface area contributed by atoms with E-state index in [9.17, 15) is 13.2 Å². The zero-order chi connectivity index (χ0) is 23.3. The summed E-state index contributed by atoms with van der Waals surface area (Å²) in [4.78, 5) is 15.6. The van der Waals surface area contributed by atoms with Crippen molar-refractivity contribution < 1.29 is 13.2 Å². The van der Waals surface area contributed by atoms with Crippen LogP contribution in [0.4, 0.5) is 0 Å². The van der Waals surface area contributed by atoms with E-state index in [1.165, 1.54) is 16.4 Å². The lowest BCUT2D eigenvalue weighted by Gasteiger charge is -2.34. The molecule has 1 heterocycles. The largest absolute Gasteiger partial charge is 0.334 e. The standard InChI is InChI=1S/C26H27ClN2O3S/c27-24-11-13-25(14-12-24)33(31,32)29-17-15-23(16-18-29)26(30)28(19-21-7-3-1-4-8-21)20-22-9-5-2-6-10-22/h1-14,23H,15-20H2. The van der Waals surface area contributed by atoms with E-state index in [-0.39, 0.29) is 16.7 Å². The van der Waals surface area contributed by atoms with E-state index in [2.05, 4.69) is 0 Å². The summed E-state index contributed by atoms with van der Waals surface area (Å²) in [5.74, 6) is -0.125. The smallest absolute Gasteiger partial charge is 0.243 e. The third-order valence-corrected chi connectivity index (χ3v) is 8.16. The maximum Gasteiger partial charge on any atom is 0.243 e. The van der Waals surface area contributed by atoms with Gasteiger partial charge in [0.2, 0.25) is 15.9 Å². The maximum atomic E-state index is 13.5. The second kappa shape index (κ2) is 10.5. The van der Waals surface area contributed by atoms with Crippen LogP contribution in [0.2, 0.25) is 5.02 Å². The molecule has 1 saturated heterocycles. The predicted octanol–water partition coefficient (Wildman–Crippen LogP) is 4.97. The third kappa shape index (κ3) is 5.82. The Labute approximate surface area is 200 Å². The van der Waals surface area contributed by atoms with Crippen LogP contribution in [0.5, 0.6) is 0 Å². The molecule has 172 valence electrons. The summed E-state index contributed by atoms with van der Waals surface area (Å²) in [6.07, 6.45) is 1.01. The molecule has 1 fully saturated rings. The Hall–Kier alpha value is -2.67. The first-order valence-electron chi connectivity index (χ1n) is 11.1. The third-order valence-electron chi connectivity index (χ3n) is 6.00. The van der Waals surface area contributed by atoms with Gasteiger partial charge in [0.1, 0.15) is 0 Å². The quantitative estimate of drug-likeness (QED) is 0.477. The van der Waals surface area contributed by atoms with E-state index in [1.54, 1.807) is 12.1 Å². The minimum atomic E-state index is -3.60. The van der Waals surface area contributed by atoms with Gasteiger partial charge in [0.05, 0.1) is 4.90 Å². The normalized spacial score (nSPS) is 15.3. The molecule has 5 nitrogen and oxygen atoms in total. The summed E-state index contributed by atoms with van der Waals surface area (Å²) in [5, 5.41) is 0.496. The number of sulfonamides is 1. The van der Waals surface area contributed by atoms with Gasteiger partial charge in [-0.3, -0.25) is 4.79 Å². The van der Waals surface area contributed by atoms with Crippen LogP contribution < -0.4 is 0 Å². The molecule has 0 aromatic heterocycles. The zero-order valence-electron chi connectivity index (χ0n) is 18.3. The second-order valence-electron chi connectivity index (χ2n) is 8.30. The summed E-state index contributed by atoms with van der Waals surface area (Å²) in [5.41, 5.74) is 2.15. The first kappa shape index (κ1) is 23.5. The monoisotopic (exact) mass is 482 g/mol. The molecule has 0 bridgehead atoms. The zero-order valence-corrected chi connectivity index (χ0v) is 19.9. The van der Waals surface area contributed by atoms with Crippen molar-refractivity contribution in [3.05, 3.63) is 101 Å². The number of halogens is 1. The van der Waals surface area contributed by atoms with Crippen LogP contribution in [0.3, 0.4) is 0 Å². The van der Waals surface area contributed by atoms with Crippen LogP contribution in [-0.4, -0.2) is 36.6 Å². The highest BCUT2D eigenvalue weighted by Crippen LogP contribution is 2.27. The number of amides is 1. The molecular formula is C26H27ClN2O3S. The average Bonchev–Trinajstić information content (AvgIpc) is 2.85. The van der Waals surface area contributed by atoms with Crippen molar-refractivity contribution in [2.45, 2.75) is 30.8 Å². The molecule has 1 aliphatic rings. The Morgan fingerprint density at radius 2 is 1.30 bits per heavy atom. The Morgan fingerprint density at radius 3 is 1.79 bits per heavy atom. The van der Waals surface area contributed by atoms with Crippen molar-refractivity contribution in [3.63, 3.8) is 0 Å². The lowest BCUT2D eigenvalue weighted by molar-refractivity contribution is -0.138. The lowest BCUT2D eigenvalue weighted by Crippen LogP contribution is -2.44. The number of hydrogen-bond acceptors (Lipinski definition) is 3. The molecule has 1 aliphatic heterocycles. The van der Waals surface area contributed by atoms with Gasteiger partial charge in [-0.25, -0.2) is 8.42 Å². The molecule has 0 unspecified atom stereocenters. The van der Waals surface area contributed by atoms with Crippen LogP contribution in [0.25, 0.3) is 0 Å². The lowest BCUT2D eigenvalue weighted by atomic mass is 9.96. The van der Waals surface area contributed by atoms with E-state index < -0.39 is 10.0 Å². The first-order chi connectivity index (χ1) is 15.9. The van der Waals surface area contributed by atoms with Crippen LogP contribution >= 0.6 is 11.6 Å². The summed E-state index contributed by atoms with van der Waals surface area (Å²) in [7, 11) is -3.60. The number of rotatable bonds is 7. The Kier molecular flexibility index (Phi) is 7.48. The second-order valence-corrected chi connectivity index (χ2v) is 10.7. The van der Waals surface area contributed by atoms with Gasteiger partial charge >= 0.3 is 0 Å². The van der Waals surface area contributed by atoms with E-state index in [0.717, 1.165) is 11.1 Å². The SMILES string of the molecule is O=C(C1CCN(S(=O)(=O)c2ccc(Cl)cc2)CC1)N(Cc1ccccc1)Cc1ccccc1. The number of carbonyl (C=O) groups is 1. The van der Waals surface area contributed by atoms with Gasteiger partial charge in [0.15, 0.2) is 0 Å². The van der Waals surface area contributed by atoms with E-state index in [1.807, 2.05) is 65.6 Å². The maximum absolute atomic E-state index is 13.5. The van der Waals surface area contributed by atoms with Gasteiger partial charge in [0.25, 0.3) is 0 Å². The van der Waals surface area contributed by atoms with Crippen molar-refractivity contribution in [1.29, 1.82) is 0 Å². The van der Waals surface area contributed by atoms with Crippen LogP contribution in [0, 0.1) is 5.92 Å². The molecule has 3 aromatic carbocycles. The minimum absolute atomic E-state index is 0.0752. The number of nitrogens with zero attached hydrogens (tertiary/aromatic N) is 2. The molecule has 0 saturated carbocycles. The molecular weight excluding hydrogens is 456 g/mol. The number of piperidine rings is 1. The van der Waals surface area contributed by atoms with Crippen LogP contribution in [0.15, 0.2) is 89.8 Å². The fourth-order valence-electron chi connectivity index (χ4n) is 4.18. The Morgan fingerprint density at radius 1 is 0.818 bits per heavy atom. The van der Waals surface area contributed by atoms with Gasteiger partial charge < -0.3 is 4.90 Å². The van der Waals surface area contributed by atoms with Gasteiger partial charge in [-0.2, -0.15) is 4.31 Å². The van der Waals surface area contributed by atoms with E-state index in [4.69, 9.17) is 11.6 Å². The topological polar surface area (TPSA) is 57.7 Å². The molecule has 4 rings (SSSR count). The first-order valence-corrected chi connectivity index (χ1v) is 12.9. The molecule has 0 atom stereocenters. The number of benzene rings is 3. The predicted molar refractivity (Wildman–Crippen MR) is 130 cm³/mol. The molecule has 0 radical (unpaired) electrons. The molecule has 33 heavy (non-hydrogen) atoms. The summed E-state index contributed by atoms with van der Waals surface area (Å²) in [6.45, 7) is 1.70. The Bertz CT molecular complexity index is 1120. The number of carbonyl (C=O) groups excluding carboxylic acids is 1. The molecule has 0 aliphatic carbocycles. The molecule has 3 aromatic rings. The van der Waals surface area contributed by atoms with Crippen molar-refractivity contribution in [2.75, 3.05) is 13.1 Å². The molecule has 7 heteroatoms. The fourth-order valence-corrected chi connectivity index (χ4v) is 5.77. The Balaban J connectivity index is 1.45. The van der Waals surface area contributed by atoms with Gasteiger partial charge in [-0.05, 0) is 48.2 Å². The van der Waals surface area contributed by atoms with Crippen LogP contribution in [-0.2, 0) is 27.9 Å². The average molecular weight is 483 g/mol. The van der Waals surface area contributed by atoms with E-state index in [0.29, 0.717) is 44.0 Å². The van der Waals surface area contributed by atoms with Crippen molar-refractivity contribution >= 4 is 27.5 Å². The summed E-state index contributed by atoms with van der Waals surface area (Å²) >= 11 is 5.90. The molecule has 0 spiro atoms. The van der Waals surface area contributed by atoms with Gasteiger partial charge in [-0.15, -0.1) is 0 Å². The minimum Gasteiger partial charge on any atom is -0.334 e. The van der Waals surface area contributed by atoms with Crippen LogP contribution in [0.1, 0.15) is 24.0 Å². The van der Waals surface area contributed by atoms with Gasteiger partial charge in [0, 0.05) is 37.1 Å². The van der Waals surface area contributed by atoms with Crippen molar-refractivity contribution in [3.8, 4) is 0 Å².